The molecule has 0 bridgehead atoms. The monoisotopic (exact) mass is 294 g/mol. The van der Waals surface area contributed by atoms with Gasteiger partial charge in [-0.15, -0.1) is 0 Å². The van der Waals surface area contributed by atoms with Crippen molar-refractivity contribution in [1.29, 1.82) is 0 Å². The van der Waals surface area contributed by atoms with Crippen molar-refractivity contribution in [3.63, 3.8) is 0 Å². The molecule has 0 aromatic carbocycles. The fourth-order valence-electron chi connectivity index (χ4n) is 2.23. The van der Waals surface area contributed by atoms with Crippen molar-refractivity contribution < 1.29 is 29.6 Å². The van der Waals surface area contributed by atoms with E-state index < -0.39 is 45.6 Å². The van der Waals surface area contributed by atoms with Crippen LogP contribution in [-0.4, -0.2) is 66.1 Å². The van der Waals surface area contributed by atoms with E-state index in [0.29, 0.717) is 0 Å². The third-order valence-electron chi connectivity index (χ3n) is 3.43. The van der Waals surface area contributed by atoms with E-state index in [0.717, 1.165) is 18.9 Å². The Morgan fingerprint density at radius 2 is 1.79 bits per heavy atom. The summed E-state index contributed by atoms with van der Waals surface area (Å²) in [4.78, 5) is 0. The number of aliphatic hydroxyl groups is 4. The highest BCUT2D eigenvalue weighted by atomic mass is 28.4. The molecule has 7 heteroatoms. The lowest BCUT2D eigenvalue weighted by Crippen LogP contribution is -2.61. The van der Waals surface area contributed by atoms with Crippen LogP contribution < -0.4 is 0 Å². The summed E-state index contributed by atoms with van der Waals surface area (Å²) in [5.41, 5.74) is 0. The molecule has 5 atom stereocenters. The van der Waals surface area contributed by atoms with E-state index in [-0.39, 0.29) is 0 Å². The SMILES string of the molecule is CCCC[Si](C)(C)O[C@H]1C(O)O[C@H](CO)[C@@H](O)[C@@H]1O. The van der Waals surface area contributed by atoms with Crippen molar-refractivity contribution in [2.45, 2.75) is 69.6 Å². The van der Waals surface area contributed by atoms with E-state index >= 15 is 0 Å². The van der Waals surface area contributed by atoms with Gasteiger partial charge in [-0.25, -0.2) is 0 Å². The maximum Gasteiger partial charge on any atom is 0.187 e. The van der Waals surface area contributed by atoms with Gasteiger partial charge >= 0.3 is 0 Å². The Balaban J connectivity index is 2.66. The molecule has 0 aromatic heterocycles. The number of hydrogen-bond donors (Lipinski definition) is 4. The number of aliphatic hydroxyl groups excluding tert-OH is 4. The largest absolute Gasteiger partial charge is 0.407 e. The fourth-order valence-corrected chi connectivity index (χ4v) is 4.54. The first-order valence-corrected chi connectivity index (χ1v) is 9.92. The summed E-state index contributed by atoms with van der Waals surface area (Å²) in [6.07, 6.45) is -3.70. The zero-order valence-corrected chi connectivity index (χ0v) is 12.8. The van der Waals surface area contributed by atoms with Crippen LogP contribution in [0.4, 0.5) is 0 Å². The Bertz CT molecular complexity index is 275. The zero-order valence-electron chi connectivity index (χ0n) is 11.8. The summed E-state index contributed by atoms with van der Waals surface area (Å²) in [6, 6.07) is 0.916. The molecule has 1 heterocycles. The predicted octanol–water partition coefficient (Wildman–Crippen LogP) is -0.192. The molecular weight excluding hydrogens is 268 g/mol. The molecule has 0 amide bonds. The van der Waals surface area contributed by atoms with Gasteiger partial charge in [0.2, 0.25) is 0 Å². The van der Waals surface area contributed by atoms with Crippen molar-refractivity contribution in [2.24, 2.45) is 0 Å². The molecule has 114 valence electrons. The van der Waals surface area contributed by atoms with Gasteiger partial charge in [-0.2, -0.15) is 0 Å². The highest BCUT2D eigenvalue weighted by molar-refractivity contribution is 6.71. The summed E-state index contributed by atoms with van der Waals surface area (Å²) in [7, 11) is -2.03. The summed E-state index contributed by atoms with van der Waals surface area (Å²) in [5.74, 6) is 0. The molecule has 4 N–H and O–H groups in total. The number of rotatable bonds is 6. The lowest BCUT2D eigenvalue weighted by molar-refractivity contribution is -0.282. The van der Waals surface area contributed by atoms with Gasteiger partial charge in [0.1, 0.15) is 24.4 Å². The number of ether oxygens (including phenoxy) is 1. The van der Waals surface area contributed by atoms with Crippen LogP contribution in [0.1, 0.15) is 19.8 Å². The van der Waals surface area contributed by atoms with Gasteiger partial charge in [0.05, 0.1) is 6.61 Å². The van der Waals surface area contributed by atoms with Crippen molar-refractivity contribution in [3.05, 3.63) is 0 Å². The molecule has 6 nitrogen and oxygen atoms in total. The van der Waals surface area contributed by atoms with Gasteiger partial charge in [-0.1, -0.05) is 19.8 Å². The second-order valence-electron chi connectivity index (χ2n) is 5.67. The van der Waals surface area contributed by atoms with Gasteiger partial charge in [0, 0.05) is 0 Å². The Labute approximate surface area is 115 Å². The molecule has 1 fully saturated rings. The fraction of sp³-hybridized carbons (Fsp3) is 1.00. The lowest BCUT2D eigenvalue weighted by Gasteiger charge is -2.42. The van der Waals surface area contributed by atoms with Crippen LogP contribution in [0.2, 0.25) is 19.1 Å². The molecule has 1 rings (SSSR count). The summed E-state index contributed by atoms with van der Waals surface area (Å²) < 4.78 is 10.9. The summed E-state index contributed by atoms with van der Waals surface area (Å²) >= 11 is 0. The van der Waals surface area contributed by atoms with Gasteiger partial charge in [0.25, 0.3) is 0 Å². The minimum absolute atomic E-state index is 0.460. The maximum atomic E-state index is 9.99. The Kier molecular flexibility index (Phi) is 6.38. The third kappa shape index (κ3) is 4.49. The third-order valence-corrected chi connectivity index (χ3v) is 5.90. The highest BCUT2D eigenvalue weighted by Gasteiger charge is 2.46. The van der Waals surface area contributed by atoms with Crippen LogP contribution in [0.5, 0.6) is 0 Å². The van der Waals surface area contributed by atoms with E-state index in [9.17, 15) is 15.3 Å². The number of hydrogen-bond acceptors (Lipinski definition) is 6. The van der Waals surface area contributed by atoms with Crippen LogP contribution >= 0.6 is 0 Å². The first-order valence-electron chi connectivity index (χ1n) is 6.80. The topological polar surface area (TPSA) is 99.4 Å². The molecule has 0 aromatic rings. The molecule has 1 unspecified atom stereocenters. The van der Waals surface area contributed by atoms with E-state index in [1.165, 1.54) is 0 Å². The molecule has 0 spiro atoms. The molecule has 1 aliphatic rings. The molecule has 0 aliphatic carbocycles. The normalized spacial score (nSPS) is 36.5. The van der Waals surface area contributed by atoms with Crippen LogP contribution in [0.25, 0.3) is 0 Å². The van der Waals surface area contributed by atoms with Crippen molar-refractivity contribution in [1.82, 2.24) is 0 Å². The minimum atomic E-state index is -2.03. The standard InChI is InChI=1S/C12H26O6Si/c1-4-5-6-19(2,3)18-11-10(15)9(14)8(7-13)17-12(11)16/h8-16H,4-7H2,1-3H3/t8-,9-,10+,11-,12?/m1/s1. The molecular formula is C12H26O6Si. The van der Waals surface area contributed by atoms with E-state index in [1.807, 2.05) is 13.1 Å². The van der Waals surface area contributed by atoms with E-state index in [4.69, 9.17) is 14.3 Å². The average Bonchev–Trinajstić information content (AvgIpc) is 2.36. The second-order valence-corrected chi connectivity index (χ2v) is 9.93. The molecule has 1 saturated heterocycles. The zero-order chi connectivity index (χ0) is 14.6. The first-order chi connectivity index (χ1) is 8.82. The molecule has 0 saturated carbocycles. The predicted molar refractivity (Wildman–Crippen MR) is 72.0 cm³/mol. The van der Waals surface area contributed by atoms with E-state index in [2.05, 4.69) is 6.92 Å². The first kappa shape index (κ1) is 17.0. The Hall–Kier alpha value is -0.0231. The van der Waals surface area contributed by atoms with Gasteiger partial charge in [-0.3, -0.25) is 0 Å². The minimum Gasteiger partial charge on any atom is -0.407 e. The van der Waals surface area contributed by atoms with Crippen LogP contribution in [0.15, 0.2) is 0 Å². The summed E-state index contributed by atoms with van der Waals surface area (Å²) in [6.45, 7) is 5.64. The molecule has 0 radical (unpaired) electrons. The maximum absolute atomic E-state index is 9.99. The van der Waals surface area contributed by atoms with Gasteiger partial charge in [0.15, 0.2) is 14.6 Å². The lowest BCUT2D eigenvalue weighted by atomic mass is 9.99. The van der Waals surface area contributed by atoms with Crippen molar-refractivity contribution in [3.8, 4) is 0 Å². The van der Waals surface area contributed by atoms with Crippen LogP contribution in [-0.2, 0) is 9.16 Å². The summed E-state index contributed by atoms with van der Waals surface area (Å²) in [5, 5.41) is 38.6. The average molecular weight is 294 g/mol. The van der Waals surface area contributed by atoms with Crippen LogP contribution in [0.3, 0.4) is 0 Å². The van der Waals surface area contributed by atoms with Gasteiger partial charge < -0.3 is 29.6 Å². The van der Waals surface area contributed by atoms with Crippen molar-refractivity contribution in [2.75, 3.05) is 6.61 Å². The van der Waals surface area contributed by atoms with Crippen LogP contribution in [0, 0.1) is 0 Å². The highest BCUT2D eigenvalue weighted by Crippen LogP contribution is 2.27. The smallest absolute Gasteiger partial charge is 0.187 e. The Morgan fingerprint density at radius 3 is 2.32 bits per heavy atom. The van der Waals surface area contributed by atoms with Crippen molar-refractivity contribution >= 4 is 8.32 Å². The van der Waals surface area contributed by atoms with E-state index in [1.54, 1.807) is 0 Å². The molecule has 19 heavy (non-hydrogen) atoms. The molecule has 1 aliphatic heterocycles. The number of unbranched alkanes of at least 4 members (excludes halogenated alkanes) is 1. The Morgan fingerprint density at radius 1 is 1.16 bits per heavy atom. The second kappa shape index (κ2) is 7.12. The quantitative estimate of drug-likeness (QED) is 0.507. The van der Waals surface area contributed by atoms with Gasteiger partial charge in [-0.05, 0) is 19.1 Å².